The molecular formula is C14H15BrFN3. The van der Waals surface area contributed by atoms with Crippen LogP contribution in [0.2, 0.25) is 0 Å². The van der Waals surface area contributed by atoms with Gasteiger partial charge in [0.15, 0.2) is 0 Å². The second-order valence-electron chi connectivity index (χ2n) is 4.23. The summed E-state index contributed by atoms with van der Waals surface area (Å²) < 4.78 is 14.7. The van der Waals surface area contributed by atoms with E-state index in [2.05, 4.69) is 31.4 Å². The van der Waals surface area contributed by atoms with Crippen molar-refractivity contribution in [2.75, 3.05) is 6.54 Å². The van der Waals surface area contributed by atoms with Crippen molar-refractivity contribution in [3.05, 3.63) is 58.1 Å². The first-order valence-electron chi connectivity index (χ1n) is 6.14. The first-order chi connectivity index (χ1) is 9.20. The highest BCUT2D eigenvalue weighted by Gasteiger charge is 2.14. The van der Waals surface area contributed by atoms with E-state index in [4.69, 9.17) is 0 Å². The van der Waals surface area contributed by atoms with E-state index in [-0.39, 0.29) is 11.9 Å². The molecule has 1 aromatic heterocycles. The second kappa shape index (κ2) is 6.73. The number of hydrogen-bond acceptors (Lipinski definition) is 3. The van der Waals surface area contributed by atoms with Gasteiger partial charge >= 0.3 is 0 Å². The summed E-state index contributed by atoms with van der Waals surface area (Å²) in [6.45, 7) is 2.83. The Kier molecular flexibility index (Phi) is 4.99. The lowest BCUT2D eigenvalue weighted by atomic mass is 10.00. The molecule has 3 nitrogen and oxygen atoms in total. The lowest BCUT2D eigenvalue weighted by Gasteiger charge is -2.18. The zero-order valence-corrected chi connectivity index (χ0v) is 12.2. The highest BCUT2D eigenvalue weighted by Crippen LogP contribution is 2.22. The summed E-state index contributed by atoms with van der Waals surface area (Å²) >= 11 is 3.37. The molecule has 0 aliphatic rings. The Morgan fingerprint density at radius 1 is 1.32 bits per heavy atom. The van der Waals surface area contributed by atoms with Gasteiger partial charge in [-0.2, -0.15) is 10.2 Å². The first kappa shape index (κ1) is 14.1. The quantitative estimate of drug-likeness (QED) is 0.917. The molecule has 0 aliphatic carbocycles. The predicted molar refractivity (Wildman–Crippen MR) is 76.3 cm³/mol. The molecule has 0 saturated carbocycles. The normalized spacial score (nSPS) is 12.4. The minimum absolute atomic E-state index is 0.0318. The van der Waals surface area contributed by atoms with Crippen LogP contribution >= 0.6 is 15.9 Å². The molecule has 2 rings (SSSR count). The molecule has 5 heteroatoms. The van der Waals surface area contributed by atoms with Gasteiger partial charge in [0.1, 0.15) is 5.82 Å². The van der Waals surface area contributed by atoms with E-state index in [0.717, 1.165) is 16.6 Å². The second-order valence-corrected chi connectivity index (χ2v) is 5.14. The van der Waals surface area contributed by atoms with Crippen molar-refractivity contribution in [2.24, 2.45) is 0 Å². The lowest BCUT2D eigenvalue weighted by Crippen LogP contribution is -2.23. The maximum Gasteiger partial charge on any atom is 0.126 e. The van der Waals surface area contributed by atoms with Crippen LogP contribution in [0.4, 0.5) is 4.39 Å². The van der Waals surface area contributed by atoms with Crippen molar-refractivity contribution in [1.82, 2.24) is 15.5 Å². The minimum Gasteiger partial charge on any atom is -0.310 e. The molecule has 0 bridgehead atoms. The zero-order chi connectivity index (χ0) is 13.7. The topological polar surface area (TPSA) is 37.8 Å². The van der Waals surface area contributed by atoms with E-state index in [1.807, 2.05) is 19.1 Å². The molecule has 2 aromatic rings. The van der Waals surface area contributed by atoms with Crippen LogP contribution in [0, 0.1) is 5.82 Å². The molecule has 0 fully saturated rings. The number of aromatic nitrogens is 2. The Balaban J connectivity index is 2.24. The number of hydrogen-bond donors (Lipinski definition) is 1. The average molecular weight is 324 g/mol. The van der Waals surface area contributed by atoms with Gasteiger partial charge in [-0.15, -0.1) is 0 Å². The summed E-state index contributed by atoms with van der Waals surface area (Å²) in [5.74, 6) is -0.187. The summed E-state index contributed by atoms with van der Waals surface area (Å²) in [6.07, 6.45) is 3.94. The smallest absolute Gasteiger partial charge is 0.126 e. The molecule has 0 saturated heterocycles. The maximum atomic E-state index is 13.8. The molecule has 1 atom stereocenters. The molecule has 100 valence electrons. The monoisotopic (exact) mass is 323 g/mol. The average Bonchev–Trinajstić information content (AvgIpc) is 2.43. The fourth-order valence-corrected chi connectivity index (χ4v) is 2.39. The molecule has 0 radical (unpaired) electrons. The number of benzene rings is 1. The van der Waals surface area contributed by atoms with Gasteiger partial charge in [-0.05, 0) is 48.4 Å². The first-order valence-corrected chi connectivity index (χ1v) is 6.94. The molecule has 1 N–H and O–H groups in total. The van der Waals surface area contributed by atoms with Crippen molar-refractivity contribution >= 4 is 15.9 Å². The number of halogens is 2. The molecule has 0 aliphatic heterocycles. The molecule has 1 heterocycles. The van der Waals surface area contributed by atoms with Crippen LogP contribution in [0.3, 0.4) is 0 Å². The molecule has 1 aromatic carbocycles. The molecule has 0 spiro atoms. The number of nitrogens with one attached hydrogen (secondary N) is 1. The van der Waals surface area contributed by atoms with Gasteiger partial charge in [0.25, 0.3) is 0 Å². The van der Waals surface area contributed by atoms with Gasteiger partial charge < -0.3 is 5.32 Å². The number of nitrogens with zero attached hydrogens (tertiary/aromatic N) is 2. The van der Waals surface area contributed by atoms with Crippen molar-refractivity contribution < 1.29 is 4.39 Å². The fraction of sp³-hybridized carbons (Fsp3) is 0.286. The minimum atomic E-state index is -0.187. The lowest BCUT2D eigenvalue weighted by molar-refractivity contribution is 0.525. The molecule has 0 amide bonds. The van der Waals surface area contributed by atoms with Gasteiger partial charge in [0.05, 0.1) is 6.20 Å². The van der Waals surface area contributed by atoms with Gasteiger partial charge in [0, 0.05) is 16.7 Å². The highest BCUT2D eigenvalue weighted by atomic mass is 79.9. The van der Waals surface area contributed by atoms with Crippen molar-refractivity contribution in [2.45, 2.75) is 19.4 Å². The van der Waals surface area contributed by atoms with Gasteiger partial charge in [-0.25, -0.2) is 4.39 Å². The van der Waals surface area contributed by atoms with E-state index in [0.29, 0.717) is 12.0 Å². The molecule has 1 unspecified atom stereocenters. The van der Waals surface area contributed by atoms with Crippen LogP contribution in [0.25, 0.3) is 0 Å². The summed E-state index contributed by atoms with van der Waals surface area (Å²) in [6, 6.07) is 6.93. The Bertz CT molecular complexity index is 533. The van der Waals surface area contributed by atoms with Crippen LogP contribution < -0.4 is 5.32 Å². The van der Waals surface area contributed by atoms with Crippen LogP contribution in [0.5, 0.6) is 0 Å². The van der Waals surface area contributed by atoms with Crippen LogP contribution in [0.1, 0.15) is 24.1 Å². The van der Waals surface area contributed by atoms with E-state index in [1.165, 1.54) is 6.07 Å². The molecular weight excluding hydrogens is 309 g/mol. The Morgan fingerprint density at radius 3 is 2.84 bits per heavy atom. The van der Waals surface area contributed by atoms with E-state index >= 15 is 0 Å². The third-order valence-electron chi connectivity index (χ3n) is 2.89. The predicted octanol–water partition coefficient (Wildman–Crippen LogP) is 3.27. The van der Waals surface area contributed by atoms with E-state index in [9.17, 15) is 4.39 Å². The summed E-state index contributed by atoms with van der Waals surface area (Å²) in [5, 5.41) is 11.0. The zero-order valence-electron chi connectivity index (χ0n) is 10.6. The van der Waals surface area contributed by atoms with Crippen molar-refractivity contribution in [3.8, 4) is 0 Å². The van der Waals surface area contributed by atoms with Gasteiger partial charge in [0.2, 0.25) is 0 Å². The fourth-order valence-electron chi connectivity index (χ4n) is 1.98. The third kappa shape index (κ3) is 3.81. The summed E-state index contributed by atoms with van der Waals surface area (Å²) in [5.41, 5.74) is 1.69. The van der Waals surface area contributed by atoms with Crippen LogP contribution in [-0.2, 0) is 6.42 Å². The Morgan fingerprint density at radius 2 is 2.16 bits per heavy atom. The Hall–Kier alpha value is -1.33. The Labute approximate surface area is 120 Å². The summed E-state index contributed by atoms with van der Waals surface area (Å²) in [7, 11) is 0. The summed E-state index contributed by atoms with van der Waals surface area (Å²) in [4.78, 5) is 0. The van der Waals surface area contributed by atoms with Crippen molar-refractivity contribution in [3.63, 3.8) is 0 Å². The number of rotatable bonds is 5. The van der Waals surface area contributed by atoms with E-state index < -0.39 is 0 Å². The SMILES string of the molecule is CCNC(Cc1cc(Br)ccc1F)c1ccnnc1. The van der Waals surface area contributed by atoms with E-state index in [1.54, 1.807) is 18.5 Å². The standard InChI is InChI=1S/C14H15BrFN3/c1-2-17-14(10-5-6-18-19-9-10)8-11-7-12(15)3-4-13(11)16/h3-7,9,14,17H,2,8H2,1H3. The van der Waals surface area contributed by atoms with Crippen molar-refractivity contribution in [1.29, 1.82) is 0 Å². The van der Waals surface area contributed by atoms with Crippen LogP contribution in [-0.4, -0.2) is 16.7 Å². The molecule has 19 heavy (non-hydrogen) atoms. The van der Waals surface area contributed by atoms with Gasteiger partial charge in [-0.3, -0.25) is 0 Å². The highest BCUT2D eigenvalue weighted by molar-refractivity contribution is 9.10. The number of likely N-dealkylation sites (N-methyl/N-ethyl adjacent to an activating group) is 1. The third-order valence-corrected chi connectivity index (χ3v) is 3.39. The maximum absolute atomic E-state index is 13.8. The van der Waals surface area contributed by atoms with Crippen LogP contribution in [0.15, 0.2) is 41.1 Å². The largest absolute Gasteiger partial charge is 0.310 e. The van der Waals surface area contributed by atoms with Gasteiger partial charge in [-0.1, -0.05) is 22.9 Å².